The number of β-lactam (4-membered cyclic amide) rings is 1. The number of nitrogen functional groups attached to an aromatic ring is 1. The molecule has 2 atom stereocenters. The number of carboxylic acids is 1. The monoisotopic (exact) mass is 615 g/mol. The summed E-state index contributed by atoms with van der Waals surface area (Å²) in [5, 5.41) is 19.4. The van der Waals surface area contributed by atoms with Crippen molar-refractivity contribution in [3.63, 3.8) is 0 Å². The third kappa shape index (κ3) is 5.79. The highest BCUT2D eigenvalue weighted by Crippen LogP contribution is 2.40. The number of carbonyl (C=O) groups is 3. The van der Waals surface area contributed by atoms with Crippen LogP contribution < -0.4 is 20.9 Å². The van der Waals surface area contributed by atoms with E-state index in [0.29, 0.717) is 11.3 Å². The smallest absolute Gasteiger partial charge is 0.352 e. The maximum absolute atomic E-state index is 13.2. The van der Waals surface area contributed by atoms with Crippen molar-refractivity contribution in [1.29, 1.82) is 0 Å². The summed E-state index contributed by atoms with van der Waals surface area (Å²) in [6, 6.07) is 2.92. The maximum atomic E-state index is 13.2. The average molecular weight is 616 g/mol. The number of nitrogens with one attached hydrogen (secondary N) is 2. The maximum Gasteiger partial charge on any atom is 0.352 e. The Morgan fingerprint density at radius 1 is 1.36 bits per heavy atom. The number of imidazole rings is 1. The van der Waals surface area contributed by atoms with Crippen LogP contribution in [0.2, 0.25) is 0 Å². The van der Waals surface area contributed by atoms with Gasteiger partial charge in [-0.3, -0.25) is 14.5 Å². The van der Waals surface area contributed by atoms with E-state index in [1.807, 2.05) is 22.9 Å². The Balaban J connectivity index is 1.34. The van der Waals surface area contributed by atoms with E-state index in [-0.39, 0.29) is 35.5 Å². The number of aliphatic carboxylic acids is 1. The van der Waals surface area contributed by atoms with Gasteiger partial charge >= 0.3 is 11.6 Å². The molecule has 0 spiro atoms. The third-order valence-electron chi connectivity index (χ3n) is 6.70. The van der Waals surface area contributed by atoms with E-state index in [0.717, 1.165) is 48.8 Å². The number of fused-ring (bicyclic) bond motifs is 2. The zero-order valence-corrected chi connectivity index (χ0v) is 24.7. The lowest BCUT2D eigenvalue weighted by atomic mass is 10.0. The fraction of sp³-hybridized carbons (Fsp3) is 0.440. The summed E-state index contributed by atoms with van der Waals surface area (Å²) in [5.41, 5.74) is 7.58. The molecule has 5 heterocycles. The number of anilines is 1. The van der Waals surface area contributed by atoms with E-state index >= 15 is 0 Å². The van der Waals surface area contributed by atoms with Crippen molar-refractivity contribution in [2.24, 2.45) is 5.16 Å². The molecule has 0 radical (unpaired) electrons. The first kappa shape index (κ1) is 29.4. The second-order valence-electron chi connectivity index (χ2n) is 9.42. The van der Waals surface area contributed by atoms with E-state index < -0.39 is 29.2 Å². The molecule has 17 heteroatoms. The van der Waals surface area contributed by atoms with Gasteiger partial charge in [0, 0.05) is 29.4 Å². The van der Waals surface area contributed by atoms with Gasteiger partial charge in [0.25, 0.3) is 11.8 Å². The Hall–Kier alpha value is -4.09. The number of aryl methyl sites for hydroxylation is 1. The summed E-state index contributed by atoms with van der Waals surface area (Å²) in [4.78, 5) is 53.6. The van der Waals surface area contributed by atoms with Gasteiger partial charge in [0.1, 0.15) is 35.8 Å². The van der Waals surface area contributed by atoms with Gasteiger partial charge in [-0.15, -0.1) is 11.8 Å². The van der Waals surface area contributed by atoms with Gasteiger partial charge in [-0.25, -0.2) is 9.36 Å². The summed E-state index contributed by atoms with van der Waals surface area (Å²) < 4.78 is 7.97. The predicted molar refractivity (Wildman–Crippen MR) is 155 cm³/mol. The molecule has 5 N–H and O–H groups in total. The Bertz CT molecular complexity index is 1570. The van der Waals surface area contributed by atoms with Crippen LogP contribution in [0.4, 0.5) is 5.13 Å². The normalized spacial score (nSPS) is 18.7. The summed E-state index contributed by atoms with van der Waals surface area (Å²) >= 11 is 2.27. The van der Waals surface area contributed by atoms with Crippen LogP contribution in [0.25, 0.3) is 11.2 Å². The molecule has 3 aromatic rings. The number of pyridine rings is 1. The van der Waals surface area contributed by atoms with E-state index in [1.54, 1.807) is 13.3 Å². The van der Waals surface area contributed by atoms with Gasteiger partial charge in [-0.2, -0.15) is 9.36 Å². The van der Waals surface area contributed by atoms with Crippen LogP contribution >= 0.6 is 23.3 Å². The van der Waals surface area contributed by atoms with Gasteiger partial charge in [0.15, 0.2) is 5.13 Å². The average Bonchev–Trinajstić information content (AvgIpc) is 3.60. The number of carbonyl (C=O) groups excluding carboxylic acids is 2. The van der Waals surface area contributed by atoms with Crippen LogP contribution in [-0.2, 0) is 32.3 Å². The Morgan fingerprint density at radius 3 is 2.90 bits per heavy atom. The molecule has 5 rings (SSSR count). The first-order chi connectivity index (χ1) is 20.3. The minimum absolute atomic E-state index is 0.0250. The number of hydrogen-bond acceptors (Lipinski definition) is 12. The van der Waals surface area contributed by atoms with Gasteiger partial charge in [-0.05, 0) is 43.6 Å². The molecule has 2 amide bonds. The van der Waals surface area contributed by atoms with Crippen molar-refractivity contribution in [2.45, 2.75) is 44.8 Å². The number of hydrogen-bond donors (Lipinski definition) is 4. The molecule has 0 saturated carbocycles. The number of nitrogens with zero attached hydrogens (tertiary/aromatic N) is 7. The highest BCUT2D eigenvalue weighted by molar-refractivity contribution is 8.00. The number of nitrogens with two attached hydrogens (primary N) is 1. The zero-order valence-electron chi connectivity index (χ0n) is 23.0. The van der Waals surface area contributed by atoms with E-state index in [4.69, 9.17) is 10.6 Å². The van der Waals surface area contributed by atoms with Crippen LogP contribution in [-0.4, -0.2) is 89.3 Å². The number of thioether (sulfide) groups is 1. The second kappa shape index (κ2) is 12.8. The van der Waals surface area contributed by atoms with Crippen LogP contribution in [0.3, 0.4) is 0 Å². The molecule has 3 aromatic heterocycles. The topological polar surface area (TPSA) is 194 Å². The lowest BCUT2D eigenvalue weighted by molar-refractivity contribution is -0.664. The quantitative estimate of drug-likeness (QED) is 0.0661. The van der Waals surface area contributed by atoms with Gasteiger partial charge in [0.2, 0.25) is 17.9 Å². The third-order valence-corrected chi connectivity index (χ3v) is 8.59. The number of rotatable bonds is 13. The summed E-state index contributed by atoms with van der Waals surface area (Å²) in [6.07, 6.45) is 4.58. The Labute approximate surface area is 249 Å². The molecule has 15 nitrogen and oxygen atoms in total. The van der Waals surface area contributed by atoms with Gasteiger partial charge < -0.3 is 30.9 Å². The predicted octanol–water partition coefficient (Wildman–Crippen LogP) is -0.0635. The Morgan fingerprint density at radius 2 is 2.19 bits per heavy atom. The minimum Gasteiger partial charge on any atom is -0.477 e. The van der Waals surface area contributed by atoms with Crippen LogP contribution in [0.5, 0.6) is 0 Å². The van der Waals surface area contributed by atoms with Crippen molar-refractivity contribution in [1.82, 2.24) is 34.4 Å². The fourth-order valence-corrected chi connectivity index (χ4v) is 6.57. The van der Waals surface area contributed by atoms with Crippen LogP contribution in [0.1, 0.15) is 26.1 Å². The molecule has 42 heavy (non-hydrogen) atoms. The standard InChI is InChI=1S/C25H30N10O5S2/c1-3-27-8-6-10-34-13-28-20-15(34)7-5-9-33(20)11-14-12-41-23-17(22(37)35(23)18(14)24(38)39)29-21(36)16(31-40-4-2)19-30-25(26)42-32-19/h5,7,9,13,17,23,27H,3-4,6,8,10-12H2,1-2H3,(H3-,26,29,30,32,36,38,39)/p+1/b31-16-. The number of amides is 2. The SMILES string of the molecule is CCNCCCn1cnc2c1ccc[n+]2CC1=C(C(=O)O)N2C(=O)C(NC(=O)/C(=N\OCC)c3nsc(N)n3)C2SC1. The van der Waals surface area contributed by atoms with E-state index in [9.17, 15) is 19.5 Å². The number of carboxylic acid groups (broad SMARTS) is 1. The van der Waals surface area contributed by atoms with E-state index in [2.05, 4.69) is 41.6 Å². The summed E-state index contributed by atoms with van der Waals surface area (Å²) in [6.45, 7) is 6.82. The van der Waals surface area contributed by atoms with Crippen molar-refractivity contribution in [3.05, 3.63) is 41.8 Å². The highest BCUT2D eigenvalue weighted by atomic mass is 32.2. The van der Waals surface area contributed by atoms with Crippen molar-refractivity contribution < 1.29 is 28.9 Å². The molecule has 2 aliphatic rings. The van der Waals surface area contributed by atoms with Crippen LogP contribution in [0, 0.1) is 0 Å². The molecular weight excluding hydrogens is 584 g/mol. The van der Waals surface area contributed by atoms with E-state index in [1.165, 1.54) is 16.7 Å². The summed E-state index contributed by atoms with van der Waals surface area (Å²) in [7, 11) is 0. The lowest BCUT2D eigenvalue weighted by Crippen LogP contribution is -2.71. The highest BCUT2D eigenvalue weighted by Gasteiger charge is 2.54. The largest absolute Gasteiger partial charge is 0.477 e. The van der Waals surface area contributed by atoms with Crippen molar-refractivity contribution in [3.8, 4) is 0 Å². The molecule has 1 fully saturated rings. The molecular formula is C25H31N10O5S2+. The zero-order chi connectivity index (χ0) is 29.8. The summed E-state index contributed by atoms with van der Waals surface area (Å²) in [5.74, 6) is -2.15. The minimum atomic E-state index is -1.21. The van der Waals surface area contributed by atoms with Gasteiger partial charge in [0.05, 0.1) is 6.20 Å². The lowest BCUT2D eigenvalue weighted by Gasteiger charge is -2.49. The first-order valence-corrected chi connectivity index (χ1v) is 15.2. The number of aromatic nitrogens is 5. The number of oxime groups is 1. The molecule has 0 bridgehead atoms. The van der Waals surface area contributed by atoms with Gasteiger partial charge in [-0.1, -0.05) is 12.1 Å². The fourth-order valence-electron chi connectivity index (χ4n) is 4.80. The molecule has 2 aliphatic heterocycles. The van der Waals surface area contributed by atoms with Crippen LogP contribution in [0.15, 0.2) is 41.1 Å². The molecule has 0 aromatic carbocycles. The molecule has 222 valence electrons. The molecule has 1 saturated heterocycles. The Kier molecular flexibility index (Phi) is 8.98. The van der Waals surface area contributed by atoms with Crippen molar-refractivity contribution >= 4 is 63.1 Å². The molecule has 2 unspecified atom stereocenters. The molecule has 0 aliphatic carbocycles. The first-order valence-electron chi connectivity index (χ1n) is 13.4. The van der Waals surface area contributed by atoms with Crippen molar-refractivity contribution in [2.75, 3.05) is 31.2 Å². The second-order valence-corrected chi connectivity index (χ2v) is 11.3.